The minimum absolute atomic E-state index is 0.00411. The number of aryl methyl sites for hydroxylation is 1. The van der Waals surface area contributed by atoms with Gasteiger partial charge in [0.15, 0.2) is 15.9 Å². The van der Waals surface area contributed by atoms with Crippen molar-refractivity contribution in [3.8, 4) is 0 Å². The molecular formula is C19H23N3O6S. The van der Waals surface area contributed by atoms with Gasteiger partial charge in [0.1, 0.15) is 5.71 Å². The fourth-order valence-electron chi connectivity index (χ4n) is 3.20. The van der Waals surface area contributed by atoms with Crippen LogP contribution in [0, 0.1) is 6.92 Å². The number of para-hydroxylation sites is 1. The third-order valence-electron chi connectivity index (χ3n) is 4.91. The molecule has 0 radical (unpaired) electrons. The highest BCUT2D eigenvalue weighted by Gasteiger charge is 2.37. The first-order valence-electron chi connectivity index (χ1n) is 9.34. The molecule has 1 N–H and O–H groups in total. The van der Waals surface area contributed by atoms with Gasteiger partial charge in [-0.15, -0.1) is 0 Å². The summed E-state index contributed by atoms with van der Waals surface area (Å²) in [6.07, 6.45) is -0.661. The minimum Gasteiger partial charge on any atom is -0.448 e. The van der Waals surface area contributed by atoms with Gasteiger partial charge in [0.05, 0.1) is 17.5 Å². The number of benzene rings is 1. The van der Waals surface area contributed by atoms with Crippen molar-refractivity contribution in [2.75, 3.05) is 16.8 Å². The highest BCUT2D eigenvalue weighted by molar-refractivity contribution is 7.91. The number of amides is 2. The Morgan fingerprint density at radius 2 is 2.00 bits per heavy atom. The lowest BCUT2D eigenvalue weighted by Crippen LogP contribution is -2.42. The average Bonchev–Trinajstić information content (AvgIpc) is 3.03. The zero-order chi connectivity index (χ0) is 21.2. The Balaban J connectivity index is 1.64. The second-order valence-corrected chi connectivity index (χ2v) is 9.42. The molecule has 2 aliphatic heterocycles. The number of nitrogens with zero attached hydrogens (tertiary/aromatic N) is 2. The van der Waals surface area contributed by atoms with Crippen molar-refractivity contribution in [3.05, 3.63) is 29.8 Å². The third kappa shape index (κ3) is 5.00. The van der Waals surface area contributed by atoms with Crippen LogP contribution in [0.5, 0.6) is 0 Å². The molecule has 0 saturated carbocycles. The van der Waals surface area contributed by atoms with Gasteiger partial charge in [0, 0.05) is 18.5 Å². The first-order chi connectivity index (χ1) is 13.7. The van der Waals surface area contributed by atoms with Crippen LogP contribution in [0.15, 0.2) is 29.4 Å². The lowest BCUT2D eigenvalue weighted by molar-refractivity contribution is -0.147. The van der Waals surface area contributed by atoms with Crippen molar-refractivity contribution < 1.29 is 27.5 Å². The van der Waals surface area contributed by atoms with E-state index < -0.39 is 33.9 Å². The maximum Gasteiger partial charge on any atom is 0.355 e. The van der Waals surface area contributed by atoms with Gasteiger partial charge in [0.2, 0.25) is 5.91 Å². The van der Waals surface area contributed by atoms with E-state index in [1.807, 2.05) is 19.1 Å². The summed E-state index contributed by atoms with van der Waals surface area (Å²) >= 11 is 0. The lowest BCUT2D eigenvalue weighted by Gasteiger charge is -2.27. The fourth-order valence-corrected chi connectivity index (χ4v) is 4.89. The summed E-state index contributed by atoms with van der Waals surface area (Å²) in [5.41, 5.74) is 1.50. The predicted molar refractivity (Wildman–Crippen MR) is 106 cm³/mol. The summed E-state index contributed by atoms with van der Waals surface area (Å²) in [6.45, 7) is 3.29. The van der Waals surface area contributed by atoms with E-state index in [-0.39, 0.29) is 42.4 Å². The van der Waals surface area contributed by atoms with Crippen LogP contribution < -0.4 is 5.32 Å². The van der Waals surface area contributed by atoms with Crippen LogP contribution in [0.2, 0.25) is 0 Å². The number of esters is 1. The molecule has 0 spiro atoms. The quantitative estimate of drug-likeness (QED) is 0.709. The smallest absolute Gasteiger partial charge is 0.355 e. The third-order valence-corrected chi connectivity index (χ3v) is 6.66. The monoisotopic (exact) mass is 421 g/mol. The van der Waals surface area contributed by atoms with Gasteiger partial charge in [0.25, 0.3) is 5.91 Å². The molecule has 1 fully saturated rings. The SMILES string of the molecule is Cc1ccccc1NC(=O)C(C)OC(=O)C1=NN(C2CCS(=O)(=O)C2)C(=O)CC1. The molecule has 29 heavy (non-hydrogen) atoms. The Morgan fingerprint density at radius 3 is 2.66 bits per heavy atom. The molecular weight excluding hydrogens is 398 g/mol. The van der Waals surface area contributed by atoms with Gasteiger partial charge >= 0.3 is 5.97 Å². The molecule has 0 bridgehead atoms. The van der Waals surface area contributed by atoms with Gasteiger partial charge in [-0.25, -0.2) is 18.2 Å². The van der Waals surface area contributed by atoms with Crippen LogP contribution in [0.4, 0.5) is 5.69 Å². The Morgan fingerprint density at radius 1 is 1.28 bits per heavy atom. The van der Waals surface area contributed by atoms with Crippen molar-refractivity contribution >= 4 is 39.0 Å². The maximum atomic E-state index is 12.4. The van der Waals surface area contributed by atoms with Crippen LogP contribution in [0.3, 0.4) is 0 Å². The average molecular weight is 421 g/mol. The molecule has 156 valence electrons. The van der Waals surface area contributed by atoms with Crippen LogP contribution >= 0.6 is 0 Å². The number of carbonyl (C=O) groups excluding carboxylic acids is 3. The molecule has 2 aliphatic rings. The Bertz CT molecular complexity index is 972. The van der Waals surface area contributed by atoms with E-state index in [0.29, 0.717) is 5.69 Å². The number of hydrogen-bond acceptors (Lipinski definition) is 7. The number of anilines is 1. The lowest BCUT2D eigenvalue weighted by atomic mass is 10.1. The maximum absolute atomic E-state index is 12.4. The van der Waals surface area contributed by atoms with Gasteiger partial charge in [-0.05, 0) is 31.9 Å². The molecule has 1 aromatic carbocycles. The number of hydrazone groups is 1. The minimum atomic E-state index is -3.20. The standard InChI is InChI=1S/C19H23N3O6S/c1-12-5-3-4-6-15(12)20-18(24)13(2)28-19(25)16-7-8-17(23)22(21-16)14-9-10-29(26,27)11-14/h3-6,13-14H,7-11H2,1-2H3,(H,20,24). The van der Waals surface area contributed by atoms with E-state index in [1.165, 1.54) is 6.92 Å². The second kappa shape index (κ2) is 8.32. The highest BCUT2D eigenvalue weighted by Crippen LogP contribution is 2.22. The summed E-state index contributed by atoms with van der Waals surface area (Å²) in [4.78, 5) is 36.9. The molecule has 0 aliphatic carbocycles. The number of carbonyl (C=O) groups is 3. The van der Waals surface area contributed by atoms with E-state index >= 15 is 0 Å². The molecule has 2 heterocycles. The van der Waals surface area contributed by atoms with Crippen molar-refractivity contribution in [1.29, 1.82) is 0 Å². The van der Waals surface area contributed by atoms with Crippen LogP contribution in [0.25, 0.3) is 0 Å². The molecule has 2 atom stereocenters. The Kier molecular flexibility index (Phi) is 6.02. The normalized spacial score (nSPS) is 22.0. The van der Waals surface area contributed by atoms with Gasteiger partial charge in [-0.2, -0.15) is 5.10 Å². The summed E-state index contributed by atoms with van der Waals surface area (Å²) < 4.78 is 28.6. The first-order valence-corrected chi connectivity index (χ1v) is 11.2. The van der Waals surface area contributed by atoms with Gasteiger partial charge in [-0.1, -0.05) is 18.2 Å². The highest BCUT2D eigenvalue weighted by atomic mass is 32.2. The Hall–Kier alpha value is -2.75. The van der Waals surface area contributed by atoms with Gasteiger partial charge < -0.3 is 10.1 Å². The zero-order valence-electron chi connectivity index (χ0n) is 16.3. The summed E-state index contributed by atoms with van der Waals surface area (Å²) in [5.74, 6) is -1.78. The first kappa shape index (κ1) is 21.0. The molecule has 2 unspecified atom stereocenters. The van der Waals surface area contributed by atoms with Crippen molar-refractivity contribution in [2.24, 2.45) is 5.10 Å². The molecule has 2 amide bonds. The number of ether oxygens (including phenoxy) is 1. The number of hydrogen-bond donors (Lipinski definition) is 1. The second-order valence-electron chi connectivity index (χ2n) is 7.19. The van der Waals surface area contributed by atoms with Crippen LogP contribution in [-0.4, -0.2) is 60.6 Å². The van der Waals surface area contributed by atoms with Crippen LogP contribution in [0.1, 0.15) is 31.7 Å². The number of sulfone groups is 1. The molecule has 0 aromatic heterocycles. The van der Waals surface area contributed by atoms with Crippen molar-refractivity contribution in [2.45, 2.75) is 45.3 Å². The summed E-state index contributed by atoms with van der Waals surface area (Å²) in [6, 6.07) is 6.64. The fraction of sp³-hybridized carbons (Fsp3) is 0.474. The van der Waals surface area contributed by atoms with Gasteiger partial charge in [-0.3, -0.25) is 9.59 Å². The molecule has 10 heteroatoms. The largest absolute Gasteiger partial charge is 0.448 e. The van der Waals surface area contributed by atoms with E-state index in [1.54, 1.807) is 12.1 Å². The van der Waals surface area contributed by atoms with E-state index in [2.05, 4.69) is 10.4 Å². The summed E-state index contributed by atoms with van der Waals surface area (Å²) in [7, 11) is -3.20. The number of rotatable bonds is 5. The topological polar surface area (TPSA) is 122 Å². The molecule has 9 nitrogen and oxygen atoms in total. The van der Waals surface area contributed by atoms with E-state index in [4.69, 9.17) is 4.74 Å². The van der Waals surface area contributed by atoms with Crippen molar-refractivity contribution in [1.82, 2.24) is 5.01 Å². The van der Waals surface area contributed by atoms with E-state index in [9.17, 15) is 22.8 Å². The van der Waals surface area contributed by atoms with Crippen molar-refractivity contribution in [3.63, 3.8) is 0 Å². The van der Waals surface area contributed by atoms with E-state index in [0.717, 1.165) is 10.6 Å². The molecule has 1 saturated heterocycles. The van der Waals surface area contributed by atoms with Crippen LogP contribution in [-0.2, 0) is 29.0 Å². The number of nitrogens with one attached hydrogen (secondary N) is 1. The zero-order valence-corrected chi connectivity index (χ0v) is 17.1. The Labute approximate surface area is 169 Å². The molecule has 1 aromatic rings. The predicted octanol–water partition coefficient (Wildman–Crippen LogP) is 1.03. The summed E-state index contributed by atoms with van der Waals surface area (Å²) in [5, 5.41) is 7.84. The molecule has 3 rings (SSSR count).